The monoisotopic (exact) mass is 278 g/mol. The number of amides is 1. The van der Waals surface area contributed by atoms with Crippen molar-refractivity contribution in [3.8, 4) is 0 Å². The maximum atomic E-state index is 12.2. The quantitative estimate of drug-likeness (QED) is 0.863. The van der Waals surface area contributed by atoms with E-state index >= 15 is 0 Å². The molecule has 0 aliphatic carbocycles. The first-order chi connectivity index (χ1) is 9.05. The molecule has 0 spiro atoms. The van der Waals surface area contributed by atoms with E-state index < -0.39 is 9.84 Å². The van der Waals surface area contributed by atoms with Gasteiger partial charge in [0.2, 0.25) is 0 Å². The van der Waals surface area contributed by atoms with Gasteiger partial charge in [-0.3, -0.25) is 4.79 Å². The van der Waals surface area contributed by atoms with Gasteiger partial charge in [-0.2, -0.15) is 0 Å². The summed E-state index contributed by atoms with van der Waals surface area (Å²) in [4.78, 5) is 15.2. The van der Waals surface area contributed by atoms with Gasteiger partial charge in [0.15, 0.2) is 9.84 Å². The Morgan fingerprint density at radius 3 is 2.89 bits per heavy atom. The molecule has 5 nitrogen and oxygen atoms in total. The summed E-state index contributed by atoms with van der Waals surface area (Å²) in [5.74, 6) is -0.0129. The minimum atomic E-state index is -2.98. The molecule has 3 rings (SSSR count). The highest BCUT2D eigenvalue weighted by molar-refractivity contribution is 7.91. The SMILES string of the molecule is O=C(NC1CCS(=O)(=O)C1)c1cccc2[nH]ccc12. The van der Waals surface area contributed by atoms with E-state index in [-0.39, 0.29) is 23.5 Å². The van der Waals surface area contributed by atoms with Crippen LogP contribution in [-0.2, 0) is 9.84 Å². The lowest BCUT2D eigenvalue weighted by molar-refractivity contribution is 0.0943. The van der Waals surface area contributed by atoms with Crippen LogP contribution in [0, 0.1) is 0 Å². The van der Waals surface area contributed by atoms with Crippen LogP contribution in [0.2, 0.25) is 0 Å². The van der Waals surface area contributed by atoms with Gasteiger partial charge >= 0.3 is 0 Å². The second-order valence-electron chi connectivity index (χ2n) is 4.82. The lowest BCUT2D eigenvalue weighted by atomic mass is 10.1. The van der Waals surface area contributed by atoms with Crippen LogP contribution in [0.3, 0.4) is 0 Å². The smallest absolute Gasteiger partial charge is 0.252 e. The molecule has 1 aliphatic rings. The molecule has 1 amide bonds. The Balaban J connectivity index is 1.83. The van der Waals surface area contributed by atoms with Crippen LogP contribution in [-0.4, -0.2) is 36.9 Å². The molecule has 0 saturated carbocycles. The van der Waals surface area contributed by atoms with E-state index in [1.165, 1.54) is 0 Å². The Kier molecular flexibility index (Phi) is 2.82. The summed E-state index contributed by atoms with van der Waals surface area (Å²) in [6, 6.07) is 7.02. The molecule has 0 radical (unpaired) electrons. The second-order valence-corrected chi connectivity index (χ2v) is 7.05. The maximum Gasteiger partial charge on any atom is 0.252 e. The van der Waals surface area contributed by atoms with Crippen LogP contribution < -0.4 is 5.32 Å². The first-order valence-corrected chi connectivity index (χ1v) is 7.95. The van der Waals surface area contributed by atoms with Crippen LogP contribution in [0.25, 0.3) is 10.9 Å². The van der Waals surface area contributed by atoms with Crippen molar-refractivity contribution < 1.29 is 13.2 Å². The fourth-order valence-corrected chi connectivity index (χ4v) is 4.13. The molecule has 1 fully saturated rings. The van der Waals surface area contributed by atoms with E-state index in [4.69, 9.17) is 0 Å². The van der Waals surface area contributed by atoms with Crippen molar-refractivity contribution in [2.24, 2.45) is 0 Å². The lowest BCUT2D eigenvalue weighted by Crippen LogP contribution is -2.35. The molecule has 1 aliphatic heterocycles. The number of H-pyrrole nitrogens is 1. The van der Waals surface area contributed by atoms with E-state index in [1.807, 2.05) is 12.1 Å². The molecule has 2 aromatic rings. The fraction of sp³-hybridized carbons (Fsp3) is 0.308. The van der Waals surface area contributed by atoms with Gasteiger partial charge in [-0.05, 0) is 24.6 Å². The topological polar surface area (TPSA) is 79.0 Å². The number of hydrogen-bond donors (Lipinski definition) is 2. The van der Waals surface area contributed by atoms with E-state index in [1.54, 1.807) is 18.3 Å². The Morgan fingerprint density at radius 1 is 1.32 bits per heavy atom. The molecule has 1 aromatic carbocycles. The summed E-state index contributed by atoms with van der Waals surface area (Å²) in [5.41, 5.74) is 1.47. The fourth-order valence-electron chi connectivity index (χ4n) is 2.46. The number of rotatable bonds is 2. The maximum absolute atomic E-state index is 12.2. The Morgan fingerprint density at radius 2 is 2.16 bits per heavy atom. The number of nitrogens with one attached hydrogen (secondary N) is 2. The first kappa shape index (κ1) is 12.2. The number of hydrogen-bond acceptors (Lipinski definition) is 3. The molecule has 2 N–H and O–H groups in total. The largest absolute Gasteiger partial charge is 0.361 e. The number of aromatic nitrogens is 1. The molecule has 2 heterocycles. The van der Waals surface area contributed by atoms with Gasteiger partial charge in [-0.15, -0.1) is 0 Å². The molecule has 1 unspecified atom stereocenters. The van der Waals surface area contributed by atoms with Gasteiger partial charge in [0, 0.05) is 28.7 Å². The molecule has 6 heteroatoms. The average Bonchev–Trinajstić information content (AvgIpc) is 2.94. The van der Waals surface area contributed by atoms with E-state index in [9.17, 15) is 13.2 Å². The number of aromatic amines is 1. The van der Waals surface area contributed by atoms with Gasteiger partial charge in [0.1, 0.15) is 0 Å². The predicted molar refractivity (Wildman–Crippen MR) is 72.8 cm³/mol. The standard InChI is InChI=1S/C13H14N2O3S/c16-13(15-9-5-7-19(17,18)8-9)11-2-1-3-12-10(11)4-6-14-12/h1-4,6,9,14H,5,7-8H2,(H,15,16). The van der Waals surface area contributed by atoms with Gasteiger partial charge < -0.3 is 10.3 Å². The van der Waals surface area contributed by atoms with Crippen LogP contribution in [0.5, 0.6) is 0 Å². The van der Waals surface area contributed by atoms with Crippen LogP contribution in [0.15, 0.2) is 30.5 Å². The van der Waals surface area contributed by atoms with E-state index in [0.29, 0.717) is 12.0 Å². The number of carbonyl (C=O) groups is 1. The van der Waals surface area contributed by atoms with Crippen molar-refractivity contribution in [1.82, 2.24) is 10.3 Å². The zero-order valence-electron chi connectivity index (χ0n) is 10.2. The van der Waals surface area contributed by atoms with Gasteiger partial charge in [-0.25, -0.2) is 8.42 Å². The van der Waals surface area contributed by atoms with Crippen molar-refractivity contribution in [3.05, 3.63) is 36.0 Å². The number of fused-ring (bicyclic) bond motifs is 1. The summed E-state index contributed by atoms with van der Waals surface area (Å²) in [7, 11) is -2.98. The van der Waals surface area contributed by atoms with Crippen LogP contribution >= 0.6 is 0 Å². The Labute approximate surface area is 110 Å². The number of sulfone groups is 1. The highest BCUT2D eigenvalue weighted by atomic mass is 32.2. The normalized spacial score (nSPS) is 21.6. The highest BCUT2D eigenvalue weighted by Crippen LogP contribution is 2.18. The van der Waals surface area contributed by atoms with Crippen LogP contribution in [0.4, 0.5) is 0 Å². The summed E-state index contributed by atoms with van der Waals surface area (Å²) >= 11 is 0. The molecular weight excluding hydrogens is 264 g/mol. The van der Waals surface area contributed by atoms with Crippen LogP contribution in [0.1, 0.15) is 16.8 Å². The third kappa shape index (κ3) is 2.35. The van der Waals surface area contributed by atoms with Crippen molar-refractivity contribution in [3.63, 3.8) is 0 Å². The summed E-state index contributed by atoms with van der Waals surface area (Å²) in [6.45, 7) is 0. The minimum absolute atomic E-state index is 0.0435. The summed E-state index contributed by atoms with van der Waals surface area (Å²) in [6.07, 6.45) is 2.28. The minimum Gasteiger partial charge on any atom is -0.361 e. The van der Waals surface area contributed by atoms with Gasteiger partial charge in [0.05, 0.1) is 11.5 Å². The van der Waals surface area contributed by atoms with E-state index in [2.05, 4.69) is 10.3 Å². The lowest BCUT2D eigenvalue weighted by Gasteiger charge is -2.11. The molecule has 1 atom stereocenters. The molecule has 100 valence electrons. The van der Waals surface area contributed by atoms with Gasteiger partial charge in [-0.1, -0.05) is 6.07 Å². The zero-order valence-corrected chi connectivity index (χ0v) is 11.0. The number of benzene rings is 1. The van der Waals surface area contributed by atoms with Crippen molar-refractivity contribution in [2.45, 2.75) is 12.5 Å². The molecule has 0 bridgehead atoms. The molecule has 1 aromatic heterocycles. The Bertz CT molecular complexity index is 733. The van der Waals surface area contributed by atoms with Crippen molar-refractivity contribution >= 4 is 26.6 Å². The first-order valence-electron chi connectivity index (χ1n) is 6.12. The third-order valence-corrected chi connectivity index (χ3v) is 5.18. The van der Waals surface area contributed by atoms with Gasteiger partial charge in [0.25, 0.3) is 5.91 Å². The number of carbonyl (C=O) groups excluding carboxylic acids is 1. The van der Waals surface area contributed by atoms with Crippen molar-refractivity contribution in [2.75, 3.05) is 11.5 Å². The highest BCUT2D eigenvalue weighted by Gasteiger charge is 2.29. The van der Waals surface area contributed by atoms with Crippen molar-refractivity contribution in [1.29, 1.82) is 0 Å². The van der Waals surface area contributed by atoms with E-state index in [0.717, 1.165) is 10.9 Å². The third-order valence-electron chi connectivity index (χ3n) is 3.41. The summed E-state index contributed by atoms with van der Waals surface area (Å²) in [5, 5.41) is 3.65. The Hall–Kier alpha value is -1.82. The second kappa shape index (κ2) is 4.38. The molecule has 19 heavy (non-hydrogen) atoms. The molecular formula is C13H14N2O3S. The average molecular weight is 278 g/mol. The summed E-state index contributed by atoms with van der Waals surface area (Å²) < 4.78 is 22.7. The molecule has 1 saturated heterocycles. The predicted octanol–water partition coefficient (Wildman–Crippen LogP) is 1.08. The zero-order chi connectivity index (χ0) is 13.5.